The molecule has 28 heavy (non-hydrogen) atoms. The predicted molar refractivity (Wildman–Crippen MR) is 111 cm³/mol. The molecule has 0 radical (unpaired) electrons. The average Bonchev–Trinajstić information content (AvgIpc) is 2.69. The van der Waals surface area contributed by atoms with Crippen molar-refractivity contribution in [1.82, 2.24) is 9.97 Å². The van der Waals surface area contributed by atoms with Crippen LogP contribution in [-0.2, 0) is 11.3 Å². The average molecular weight is 392 g/mol. The van der Waals surface area contributed by atoms with E-state index in [0.29, 0.717) is 17.4 Å². The lowest BCUT2D eigenvalue weighted by atomic mass is 10.0. The number of carbonyl (C=O) groups excluding carboxylic acids is 1. The standard InChI is InChI=1S/C22H18ClN3O2/c1-14(27)26-13-20-15(3-4-16-10-19(23)6-7-21(16)26)9-18(12-24-20)17-5-8-22(28-2)25-11-17/h3-12H,13H2,1-2H3/b4-3-. The third kappa shape index (κ3) is 3.49. The first-order chi connectivity index (χ1) is 13.5. The van der Waals surface area contributed by atoms with Crippen molar-refractivity contribution >= 4 is 35.3 Å². The second-order valence-electron chi connectivity index (χ2n) is 6.49. The van der Waals surface area contributed by atoms with Gasteiger partial charge in [-0.25, -0.2) is 4.98 Å². The Morgan fingerprint density at radius 2 is 1.82 bits per heavy atom. The summed E-state index contributed by atoms with van der Waals surface area (Å²) in [5.41, 5.74) is 5.38. The maximum absolute atomic E-state index is 12.3. The lowest BCUT2D eigenvalue weighted by Crippen LogP contribution is -2.29. The maximum atomic E-state index is 12.3. The highest BCUT2D eigenvalue weighted by Crippen LogP contribution is 2.32. The van der Waals surface area contributed by atoms with Crippen LogP contribution >= 0.6 is 11.6 Å². The number of methoxy groups -OCH3 is 1. The molecule has 0 saturated heterocycles. The second-order valence-corrected chi connectivity index (χ2v) is 6.93. The molecule has 0 unspecified atom stereocenters. The van der Waals surface area contributed by atoms with Crippen molar-refractivity contribution in [3.05, 3.63) is 70.6 Å². The third-order valence-electron chi connectivity index (χ3n) is 4.69. The second kappa shape index (κ2) is 7.44. The number of rotatable bonds is 2. The summed E-state index contributed by atoms with van der Waals surface area (Å²) in [5, 5.41) is 0.629. The Bertz CT molecular complexity index is 1080. The van der Waals surface area contributed by atoms with Crippen molar-refractivity contribution < 1.29 is 9.53 Å². The molecule has 0 aliphatic carbocycles. The van der Waals surface area contributed by atoms with Crippen LogP contribution in [0.4, 0.5) is 5.69 Å². The fourth-order valence-electron chi connectivity index (χ4n) is 3.22. The van der Waals surface area contributed by atoms with Crippen LogP contribution < -0.4 is 9.64 Å². The predicted octanol–water partition coefficient (Wildman–Crippen LogP) is 4.84. The van der Waals surface area contributed by atoms with Gasteiger partial charge in [0.25, 0.3) is 0 Å². The van der Waals surface area contributed by atoms with Crippen molar-refractivity contribution in [3.8, 4) is 17.0 Å². The lowest BCUT2D eigenvalue weighted by molar-refractivity contribution is -0.116. The molecule has 4 rings (SSSR count). The Kier molecular flexibility index (Phi) is 4.84. The minimum absolute atomic E-state index is 0.0462. The number of benzene rings is 1. The normalized spacial score (nSPS) is 13.8. The van der Waals surface area contributed by atoms with Gasteiger partial charge in [0.2, 0.25) is 11.8 Å². The number of hydrogen-bond donors (Lipinski definition) is 0. The third-order valence-corrected chi connectivity index (χ3v) is 4.93. The molecule has 1 amide bonds. The number of ether oxygens (including phenoxy) is 1. The number of amides is 1. The fraction of sp³-hybridized carbons (Fsp3) is 0.136. The van der Waals surface area contributed by atoms with Crippen LogP contribution in [0, 0.1) is 0 Å². The number of fused-ring (bicyclic) bond motifs is 2. The van der Waals surface area contributed by atoms with Crippen LogP contribution in [-0.4, -0.2) is 23.0 Å². The Morgan fingerprint density at radius 1 is 1.04 bits per heavy atom. The van der Waals surface area contributed by atoms with E-state index in [2.05, 4.69) is 16.0 Å². The molecule has 2 aromatic heterocycles. The number of nitrogens with zero attached hydrogens (tertiary/aromatic N) is 3. The van der Waals surface area contributed by atoms with Gasteiger partial charge < -0.3 is 9.64 Å². The fourth-order valence-corrected chi connectivity index (χ4v) is 3.40. The summed E-state index contributed by atoms with van der Waals surface area (Å²) >= 11 is 6.16. The molecule has 0 N–H and O–H groups in total. The molecular formula is C22H18ClN3O2. The van der Waals surface area contributed by atoms with Crippen molar-refractivity contribution in [1.29, 1.82) is 0 Å². The number of pyridine rings is 2. The zero-order valence-electron chi connectivity index (χ0n) is 15.5. The minimum Gasteiger partial charge on any atom is -0.481 e. The van der Waals surface area contributed by atoms with E-state index >= 15 is 0 Å². The number of halogens is 1. The summed E-state index contributed by atoms with van der Waals surface area (Å²) in [6.07, 6.45) is 7.53. The quantitative estimate of drug-likeness (QED) is 0.627. The Labute approximate surface area is 168 Å². The molecule has 0 spiro atoms. The highest BCUT2D eigenvalue weighted by molar-refractivity contribution is 6.30. The largest absolute Gasteiger partial charge is 0.481 e. The van der Waals surface area contributed by atoms with E-state index in [1.165, 1.54) is 0 Å². The molecule has 3 aromatic rings. The van der Waals surface area contributed by atoms with Gasteiger partial charge >= 0.3 is 0 Å². The van der Waals surface area contributed by atoms with Crippen molar-refractivity contribution in [2.45, 2.75) is 13.5 Å². The van der Waals surface area contributed by atoms with Crippen LogP contribution in [0.15, 0.2) is 48.8 Å². The Hall–Kier alpha value is -3.18. The molecule has 6 heteroatoms. The van der Waals surface area contributed by atoms with E-state index in [0.717, 1.165) is 33.6 Å². The van der Waals surface area contributed by atoms with Crippen molar-refractivity contribution in [2.24, 2.45) is 0 Å². The van der Waals surface area contributed by atoms with Crippen LogP contribution in [0.2, 0.25) is 5.02 Å². The first-order valence-electron chi connectivity index (χ1n) is 8.80. The summed E-state index contributed by atoms with van der Waals surface area (Å²) in [6, 6.07) is 11.3. The van der Waals surface area contributed by atoms with Gasteiger partial charge in [-0.15, -0.1) is 0 Å². The van der Waals surface area contributed by atoms with Crippen LogP contribution in [0.1, 0.15) is 23.7 Å². The topological polar surface area (TPSA) is 55.3 Å². The van der Waals surface area contributed by atoms with E-state index in [9.17, 15) is 4.79 Å². The molecule has 0 bridgehead atoms. The zero-order chi connectivity index (χ0) is 19.7. The molecule has 5 nitrogen and oxygen atoms in total. The monoisotopic (exact) mass is 391 g/mol. The molecule has 3 heterocycles. The summed E-state index contributed by atoms with van der Waals surface area (Å²) in [5.74, 6) is 0.517. The minimum atomic E-state index is -0.0462. The summed E-state index contributed by atoms with van der Waals surface area (Å²) in [7, 11) is 1.59. The van der Waals surface area contributed by atoms with Gasteiger partial charge in [-0.05, 0) is 41.5 Å². The maximum Gasteiger partial charge on any atom is 0.224 e. The van der Waals surface area contributed by atoms with E-state index in [-0.39, 0.29) is 5.91 Å². The lowest BCUT2D eigenvalue weighted by Gasteiger charge is -2.25. The molecule has 140 valence electrons. The molecular weight excluding hydrogens is 374 g/mol. The van der Waals surface area contributed by atoms with E-state index < -0.39 is 0 Å². The van der Waals surface area contributed by atoms with Crippen molar-refractivity contribution in [3.63, 3.8) is 0 Å². The van der Waals surface area contributed by atoms with Gasteiger partial charge in [-0.3, -0.25) is 9.78 Å². The summed E-state index contributed by atoms with van der Waals surface area (Å²) in [6.45, 7) is 1.95. The van der Waals surface area contributed by atoms with E-state index in [4.69, 9.17) is 16.3 Å². The summed E-state index contributed by atoms with van der Waals surface area (Å²) < 4.78 is 5.12. The first kappa shape index (κ1) is 18.2. The van der Waals surface area contributed by atoms with E-state index in [1.54, 1.807) is 37.4 Å². The molecule has 1 aliphatic heterocycles. The van der Waals surface area contributed by atoms with Gasteiger partial charge in [0.1, 0.15) is 0 Å². The van der Waals surface area contributed by atoms with Gasteiger partial charge in [0, 0.05) is 41.5 Å². The molecule has 0 fully saturated rings. The number of anilines is 1. The number of aromatic nitrogens is 2. The van der Waals surface area contributed by atoms with Crippen molar-refractivity contribution in [2.75, 3.05) is 12.0 Å². The Morgan fingerprint density at radius 3 is 2.54 bits per heavy atom. The zero-order valence-corrected chi connectivity index (χ0v) is 16.3. The van der Waals surface area contributed by atoms with Gasteiger partial charge in [-0.2, -0.15) is 0 Å². The van der Waals surface area contributed by atoms with Crippen LogP contribution in [0.3, 0.4) is 0 Å². The highest BCUT2D eigenvalue weighted by atomic mass is 35.5. The summed E-state index contributed by atoms with van der Waals surface area (Å²) in [4.78, 5) is 22.9. The SMILES string of the molecule is COc1ccc(-c2cnc3c(c2)/C=C\c2cc(Cl)ccc2N(C(C)=O)C3)cn1. The van der Waals surface area contributed by atoms with Crippen LogP contribution in [0.5, 0.6) is 5.88 Å². The molecule has 1 aromatic carbocycles. The number of hydrogen-bond acceptors (Lipinski definition) is 4. The van der Waals surface area contributed by atoms with Gasteiger partial charge in [-0.1, -0.05) is 23.8 Å². The molecule has 0 atom stereocenters. The van der Waals surface area contributed by atoms with Gasteiger partial charge in [0.05, 0.1) is 25.0 Å². The highest BCUT2D eigenvalue weighted by Gasteiger charge is 2.20. The Balaban J connectivity index is 1.79. The van der Waals surface area contributed by atoms with E-state index in [1.807, 2.05) is 36.4 Å². The van der Waals surface area contributed by atoms with Gasteiger partial charge in [0.15, 0.2) is 0 Å². The smallest absolute Gasteiger partial charge is 0.224 e. The molecule has 0 saturated carbocycles. The number of carbonyl (C=O) groups is 1. The molecule has 1 aliphatic rings. The first-order valence-corrected chi connectivity index (χ1v) is 9.18. The van der Waals surface area contributed by atoms with Crippen LogP contribution in [0.25, 0.3) is 23.3 Å².